The van der Waals surface area contributed by atoms with E-state index in [1.54, 1.807) is 0 Å². The summed E-state index contributed by atoms with van der Waals surface area (Å²) in [6.07, 6.45) is 5.03. The van der Waals surface area contributed by atoms with Crippen molar-refractivity contribution in [1.29, 1.82) is 0 Å². The fourth-order valence-corrected chi connectivity index (χ4v) is 6.96. The molecule has 2 aromatic rings. The second kappa shape index (κ2) is 10.5. The third-order valence-electron chi connectivity index (χ3n) is 4.57. The van der Waals surface area contributed by atoms with E-state index in [9.17, 15) is 27.0 Å². The van der Waals surface area contributed by atoms with E-state index in [4.69, 9.17) is 11.6 Å². The van der Waals surface area contributed by atoms with Gasteiger partial charge in [-0.1, -0.05) is 60.4 Å². The molecule has 0 aliphatic carbocycles. The lowest BCUT2D eigenvalue weighted by Crippen LogP contribution is -2.37. The Hall–Kier alpha value is -1.81. The van der Waals surface area contributed by atoms with Crippen molar-refractivity contribution in [2.45, 2.75) is 55.2 Å². The van der Waals surface area contributed by atoms with Crippen LogP contribution in [0.5, 0.6) is 11.5 Å². The Labute approximate surface area is 183 Å². The molecule has 0 spiro atoms. The monoisotopic (exact) mass is 475 g/mol. The summed E-state index contributed by atoms with van der Waals surface area (Å²) in [6, 6.07) is 8.26. The lowest BCUT2D eigenvalue weighted by molar-refractivity contribution is 0.402. The van der Waals surface area contributed by atoms with Crippen molar-refractivity contribution < 1.29 is 27.0 Å². The normalized spacial score (nSPS) is 12.4. The molecule has 0 unspecified atom stereocenters. The number of hydrogen-bond donors (Lipinski definition) is 2. The van der Waals surface area contributed by atoms with Crippen LogP contribution >= 0.6 is 11.6 Å². The van der Waals surface area contributed by atoms with Crippen molar-refractivity contribution in [2.75, 3.05) is 6.54 Å². The van der Waals surface area contributed by atoms with E-state index in [1.165, 1.54) is 24.3 Å². The number of phenols is 2. The van der Waals surface area contributed by atoms with Crippen molar-refractivity contribution in [3.8, 4) is 11.5 Å². The molecule has 0 saturated heterocycles. The van der Waals surface area contributed by atoms with E-state index in [2.05, 4.69) is 6.92 Å². The number of phenolic OH excluding ortho intramolecular Hbond substituents is 2. The van der Waals surface area contributed by atoms with E-state index >= 15 is 0 Å². The summed E-state index contributed by atoms with van der Waals surface area (Å²) < 4.78 is 53.2. The highest BCUT2D eigenvalue weighted by Crippen LogP contribution is 2.31. The molecule has 7 nitrogen and oxygen atoms in total. The Morgan fingerprint density at radius 1 is 0.800 bits per heavy atom. The predicted octanol–water partition coefficient (Wildman–Crippen LogP) is 4.49. The van der Waals surface area contributed by atoms with Crippen LogP contribution in [-0.4, -0.2) is 37.3 Å². The summed E-state index contributed by atoms with van der Waals surface area (Å²) in [5, 5.41) is 19.3. The van der Waals surface area contributed by atoms with Crippen LogP contribution in [0.15, 0.2) is 52.3 Å². The smallest absolute Gasteiger partial charge is 0.256 e. The minimum absolute atomic E-state index is 0.162. The third-order valence-corrected chi connectivity index (χ3v) is 9.12. The third kappa shape index (κ3) is 5.87. The Morgan fingerprint density at radius 2 is 1.40 bits per heavy atom. The average Bonchev–Trinajstić information content (AvgIpc) is 2.69. The molecule has 0 aliphatic rings. The van der Waals surface area contributed by atoms with Crippen LogP contribution in [0.3, 0.4) is 0 Å². The number of rotatable bonds is 11. The van der Waals surface area contributed by atoms with E-state index in [0.717, 1.165) is 43.9 Å². The molecule has 0 aromatic heterocycles. The van der Waals surface area contributed by atoms with Gasteiger partial charge in [-0.25, -0.2) is 16.8 Å². The molecule has 2 rings (SSSR count). The van der Waals surface area contributed by atoms with Gasteiger partial charge < -0.3 is 10.2 Å². The summed E-state index contributed by atoms with van der Waals surface area (Å²) in [5.74, 6) is -1.16. The van der Waals surface area contributed by atoms with E-state index in [1.807, 2.05) is 0 Å². The van der Waals surface area contributed by atoms with Crippen LogP contribution in [0, 0.1) is 0 Å². The molecule has 166 valence electrons. The van der Waals surface area contributed by atoms with Gasteiger partial charge in [-0.15, -0.1) is 0 Å². The van der Waals surface area contributed by atoms with Crippen LogP contribution in [0.2, 0.25) is 5.02 Å². The minimum atomic E-state index is -4.53. The molecule has 0 atom stereocenters. The molecule has 0 fully saturated rings. The summed E-state index contributed by atoms with van der Waals surface area (Å²) in [6.45, 7) is 1.84. The number of aromatic hydroxyl groups is 2. The molecule has 30 heavy (non-hydrogen) atoms. The first-order valence-corrected chi connectivity index (χ1v) is 12.9. The van der Waals surface area contributed by atoms with Crippen molar-refractivity contribution in [1.82, 2.24) is 3.71 Å². The zero-order chi connectivity index (χ0) is 22.4. The zero-order valence-electron chi connectivity index (χ0n) is 16.7. The fraction of sp³-hybridized carbons (Fsp3) is 0.400. The molecule has 0 aliphatic heterocycles. The quantitative estimate of drug-likeness (QED) is 0.365. The first-order valence-electron chi connectivity index (χ1n) is 9.66. The lowest BCUT2D eigenvalue weighted by atomic mass is 10.1. The van der Waals surface area contributed by atoms with Gasteiger partial charge in [-0.2, -0.15) is 0 Å². The highest BCUT2D eigenvalue weighted by Gasteiger charge is 2.36. The molecule has 0 radical (unpaired) electrons. The molecular formula is C20H26ClNO6S2. The molecule has 10 heteroatoms. The van der Waals surface area contributed by atoms with Gasteiger partial charge in [-0.3, -0.25) is 0 Å². The number of hydrogen-bond acceptors (Lipinski definition) is 6. The van der Waals surface area contributed by atoms with Gasteiger partial charge in [0.25, 0.3) is 20.0 Å². The molecule has 2 aromatic carbocycles. The van der Waals surface area contributed by atoms with E-state index in [-0.39, 0.29) is 16.5 Å². The van der Waals surface area contributed by atoms with Gasteiger partial charge in [0.15, 0.2) is 11.5 Å². The average molecular weight is 476 g/mol. The fourth-order valence-electron chi connectivity index (χ4n) is 2.92. The Balaban J connectivity index is 2.41. The van der Waals surface area contributed by atoms with Crippen LogP contribution < -0.4 is 0 Å². The van der Waals surface area contributed by atoms with Crippen molar-refractivity contribution in [3.05, 3.63) is 47.5 Å². The molecular weight excluding hydrogens is 450 g/mol. The number of nitrogens with zero attached hydrogens (tertiary/aromatic N) is 1. The predicted molar refractivity (Wildman–Crippen MR) is 116 cm³/mol. The van der Waals surface area contributed by atoms with E-state index in [0.29, 0.717) is 16.6 Å². The first-order chi connectivity index (χ1) is 14.1. The highest BCUT2D eigenvalue weighted by molar-refractivity contribution is 8.04. The molecule has 0 amide bonds. The maximum Gasteiger partial charge on any atom is 0.256 e. The standard InChI is InChI=1S/C20H26ClNO6S2/c1-2-3-4-5-6-7-13-22(29(25,26)17-10-8-9-16(21)14-17)30(27,28)18-11-12-19(23)20(24)15-18/h8-12,14-15,23-24H,2-7,13H2,1H3. The highest BCUT2D eigenvalue weighted by atomic mass is 35.5. The topological polar surface area (TPSA) is 112 Å². The van der Waals surface area contributed by atoms with Crippen molar-refractivity contribution in [2.24, 2.45) is 0 Å². The number of unbranched alkanes of at least 4 members (excludes halogenated alkanes) is 5. The van der Waals surface area contributed by atoms with Crippen LogP contribution in [0.4, 0.5) is 0 Å². The number of benzene rings is 2. The van der Waals surface area contributed by atoms with Crippen molar-refractivity contribution >= 4 is 31.6 Å². The SMILES string of the molecule is CCCCCCCCN(S(=O)(=O)c1cccc(Cl)c1)S(=O)(=O)c1ccc(O)c(O)c1. The molecule has 0 heterocycles. The Bertz CT molecular complexity index is 1070. The van der Waals surface area contributed by atoms with Crippen molar-refractivity contribution in [3.63, 3.8) is 0 Å². The van der Waals surface area contributed by atoms with Gasteiger partial charge in [0.1, 0.15) is 0 Å². The summed E-state index contributed by atoms with van der Waals surface area (Å²) in [5.41, 5.74) is 0. The van der Waals surface area contributed by atoms with Gasteiger partial charge in [0.2, 0.25) is 0 Å². The molecule has 0 saturated carbocycles. The van der Waals surface area contributed by atoms with Crippen LogP contribution in [0.25, 0.3) is 0 Å². The number of sulfonamides is 2. The second-order valence-electron chi connectivity index (χ2n) is 6.88. The maximum atomic E-state index is 13.2. The van der Waals surface area contributed by atoms with Crippen LogP contribution in [0.1, 0.15) is 45.4 Å². The minimum Gasteiger partial charge on any atom is -0.504 e. The van der Waals surface area contributed by atoms with E-state index < -0.39 is 36.4 Å². The summed E-state index contributed by atoms with van der Waals surface area (Å²) in [7, 11) is -8.96. The first kappa shape index (κ1) is 24.5. The maximum absolute atomic E-state index is 13.2. The van der Waals surface area contributed by atoms with Crippen LogP contribution in [-0.2, 0) is 20.0 Å². The van der Waals surface area contributed by atoms with Gasteiger partial charge >= 0.3 is 0 Å². The largest absolute Gasteiger partial charge is 0.504 e. The Kier molecular flexibility index (Phi) is 8.54. The van der Waals surface area contributed by atoms with Gasteiger partial charge in [-0.05, 0) is 36.8 Å². The summed E-state index contributed by atoms with van der Waals surface area (Å²) in [4.78, 5) is -0.679. The summed E-state index contributed by atoms with van der Waals surface area (Å²) >= 11 is 5.91. The van der Waals surface area contributed by atoms with Gasteiger partial charge in [0, 0.05) is 17.6 Å². The lowest BCUT2D eigenvalue weighted by Gasteiger charge is -2.22. The Morgan fingerprint density at radius 3 is 2.00 bits per heavy atom. The molecule has 0 bridgehead atoms. The van der Waals surface area contributed by atoms with Gasteiger partial charge in [0.05, 0.1) is 9.79 Å². The second-order valence-corrected chi connectivity index (χ2v) is 11.3. The zero-order valence-corrected chi connectivity index (χ0v) is 19.0. The number of halogens is 1. The molecule has 2 N–H and O–H groups in total.